The number of nitrogens with one attached hydrogen (secondary N) is 1. The van der Waals surface area contributed by atoms with Crippen LogP contribution in [0.4, 0.5) is 0 Å². The largest absolute Gasteiger partial charge is 0.481 e. The number of hydrogen-bond donors (Lipinski definition) is 2. The van der Waals surface area contributed by atoms with Crippen molar-refractivity contribution in [2.75, 3.05) is 32.8 Å². The maximum Gasteiger partial charge on any atom is 0.328 e. The second-order valence-corrected chi connectivity index (χ2v) is 6.48. The number of aryl methyl sites for hydroxylation is 1. The van der Waals surface area contributed by atoms with E-state index in [2.05, 4.69) is 4.98 Å². The van der Waals surface area contributed by atoms with Crippen LogP contribution in [0.3, 0.4) is 0 Å². The van der Waals surface area contributed by atoms with Crippen molar-refractivity contribution in [3.63, 3.8) is 0 Å². The molecule has 2 fully saturated rings. The van der Waals surface area contributed by atoms with Gasteiger partial charge in [0.25, 0.3) is 5.56 Å². The van der Waals surface area contributed by atoms with Gasteiger partial charge >= 0.3 is 11.7 Å². The first kappa shape index (κ1) is 15.9. The highest BCUT2D eigenvalue weighted by Gasteiger charge is 2.53. The minimum atomic E-state index is -0.858. The number of likely N-dealkylation sites (tertiary alicyclic amines) is 1. The Labute approximate surface area is 132 Å². The Morgan fingerprint density at radius 3 is 2.91 bits per heavy atom. The fraction of sp³-hybridized carbons (Fsp3) is 0.667. The molecular weight excluding hydrogens is 302 g/mol. The van der Waals surface area contributed by atoms with E-state index in [4.69, 9.17) is 4.74 Å². The molecule has 126 valence electrons. The molecule has 0 aliphatic carbocycles. The van der Waals surface area contributed by atoms with Gasteiger partial charge in [-0.15, -0.1) is 0 Å². The zero-order valence-electron chi connectivity index (χ0n) is 13.1. The molecular formula is C15H21N3O5. The molecule has 3 rings (SSSR count). The minimum absolute atomic E-state index is 0.0572. The third-order valence-corrected chi connectivity index (χ3v) is 4.96. The number of aliphatic carboxylic acids is 1. The van der Waals surface area contributed by atoms with Crippen LogP contribution in [0.1, 0.15) is 12.1 Å². The molecule has 8 heteroatoms. The quantitative estimate of drug-likeness (QED) is 0.757. The van der Waals surface area contributed by atoms with Crippen LogP contribution >= 0.6 is 0 Å². The lowest BCUT2D eigenvalue weighted by molar-refractivity contribution is -0.159. The first-order valence-corrected chi connectivity index (χ1v) is 7.77. The number of carbonyl (C=O) groups is 1. The van der Waals surface area contributed by atoms with Crippen molar-refractivity contribution in [1.29, 1.82) is 0 Å². The van der Waals surface area contributed by atoms with Crippen LogP contribution in [0.25, 0.3) is 0 Å². The highest BCUT2D eigenvalue weighted by molar-refractivity contribution is 5.76. The minimum Gasteiger partial charge on any atom is -0.481 e. The Balaban J connectivity index is 1.72. The Bertz CT molecular complexity index is 693. The molecule has 0 aromatic carbocycles. The first-order chi connectivity index (χ1) is 10.9. The molecule has 0 bridgehead atoms. The molecule has 3 heterocycles. The van der Waals surface area contributed by atoms with E-state index < -0.39 is 17.1 Å². The lowest BCUT2D eigenvalue weighted by Gasteiger charge is -2.34. The van der Waals surface area contributed by atoms with Gasteiger partial charge in [0.05, 0.1) is 6.61 Å². The van der Waals surface area contributed by atoms with E-state index in [1.54, 1.807) is 6.92 Å². The van der Waals surface area contributed by atoms with Gasteiger partial charge in [0.2, 0.25) is 0 Å². The first-order valence-electron chi connectivity index (χ1n) is 7.77. The lowest BCUT2D eigenvalue weighted by atomic mass is 9.76. The van der Waals surface area contributed by atoms with Gasteiger partial charge in [-0.25, -0.2) is 4.79 Å². The van der Waals surface area contributed by atoms with Crippen LogP contribution in [0.15, 0.2) is 15.7 Å². The van der Waals surface area contributed by atoms with Crippen LogP contribution in [0.2, 0.25) is 0 Å². The van der Waals surface area contributed by atoms with Gasteiger partial charge in [-0.1, -0.05) is 0 Å². The summed E-state index contributed by atoms with van der Waals surface area (Å²) in [6, 6.07) is 1.39. The van der Waals surface area contributed by atoms with Gasteiger partial charge in [-0.2, -0.15) is 0 Å². The topological polar surface area (TPSA) is 105 Å². The fourth-order valence-electron chi connectivity index (χ4n) is 3.65. The molecule has 1 aromatic heterocycles. The Morgan fingerprint density at radius 1 is 1.48 bits per heavy atom. The van der Waals surface area contributed by atoms with Gasteiger partial charge in [0.1, 0.15) is 5.41 Å². The van der Waals surface area contributed by atoms with Crippen molar-refractivity contribution < 1.29 is 14.6 Å². The predicted octanol–water partition coefficient (Wildman–Crippen LogP) is -0.732. The van der Waals surface area contributed by atoms with E-state index in [0.717, 1.165) is 11.0 Å². The summed E-state index contributed by atoms with van der Waals surface area (Å²) < 4.78 is 6.54. The molecule has 2 saturated heterocycles. The van der Waals surface area contributed by atoms with Crippen LogP contribution in [0, 0.1) is 18.3 Å². The molecule has 2 atom stereocenters. The van der Waals surface area contributed by atoms with Gasteiger partial charge in [-0.3, -0.25) is 14.2 Å². The molecule has 0 radical (unpaired) electrons. The molecule has 2 N–H and O–H groups in total. The SMILES string of the molecule is Cc1cc(=O)n(CCN2C[C@@H]3CCOC[C@]3(C(=O)O)C2)c(=O)[nH]1. The number of rotatable bonds is 4. The summed E-state index contributed by atoms with van der Waals surface area (Å²) in [6.45, 7) is 4.25. The van der Waals surface area contributed by atoms with Crippen LogP contribution in [-0.4, -0.2) is 58.4 Å². The van der Waals surface area contributed by atoms with Gasteiger partial charge in [-0.05, 0) is 19.3 Å². The van der Waals surface area contributed by atoms with E-state index in [9.17, 15) is 19.5 Å². The summed E-state index contributed by atoms with van der Waals surface area (Å²) in [5.74, 6) is -0.767. The summed E-state index contributed by atoms with van der Waals surface area (Å²) in [7, 11) is 0. The Hall–Kier alpha value is -1.93. The normalized spacial score (nSPS) is 27.8. The number of aromatic nitrogens is 2. The molecule has 0 unspecified atom stereocenters. The molecule has 0 amide bonds. The zero-order chi connectivity index (χ0) is 16.6. The van der Waals surface area contributed by atoms with E-state index in [1.165, 1.54) is 6.07 Å². The highest BCUT2D eigenvalue weighted by atomic mass is 16.5. The number of aromatic amines is 1. The molecule has 0 spiro atoms. The summed E-state index contributed by atoms with van der Waals surface area (Å²) in [6.07, 6.45) is 0.730. The number of carboxylic acids is 1. The number of nitrogens with zero attached hydrogens (tertiary/aromatic N) is 2. The van der Waals surface area contributed by atoms with Crippen LogP contribution < -0.4 is 11.2 Å². The van der Waals surface area contributed by atoms with Crippen molar-refractivity contribution in [2.24, 2.45) is 11.3 Å². The molecule has 2 aliphatic rings. The van der Waals surface area contributed by atoms with E-state index in [1.807, 2.05) is 4.90 Å². The Kier molecular flexibility index (Phi) is 4.11. The van der Waals surface area contributed by atoms with E-state index in [-0.39, 0.29) is 24.6 Å². The van der Waals surface area contributed by atoms with Gasteiger partial charge in [0, 0.05) is 44.5 Å². The monoisotopic (exact) mass is 323 g/mol. The number of H-pyrrole nitrogens is 1. The molecule has 8 nitrogen and oxygen atoms in total. The third-order valence-electron chi connectivity index (χ3n) is 4.96. The predicted molar refractivity (Wildman–Crippen MR) is 81.5 cm³/mol. The van der Waals surface area contributed by atoms with Crippen molar-refractivity contribution in [3.05, 3.63) is 32.6 Å². The molecule has 0 saturated carbocycles. The van der Waals surface area contributed by atoms with Crippen molar-refractivity contribution in [2.45, 2.75) is 19.9 Å². The standard InChI is InChI=1S/C15H21N3O5/c1-10-6-12(19)18(14(22)16-10)4-3-17-7-11-2-5-23-9-15(11,8-17)13(20)21/h6,11H,2-5,7-9H2,1H3,(H,16,22)(H,20,21)/t11-,15+/m0/s1. The average Bonchev–Trinajstić information content (AvgIpc) is 2.85. The van der Waals surface area contributed by atoms with Crippen molar-refractivity contribution in [3.8, 4) is 0 Å². The maximum absolute atomic E-state index is 11.9. The fourth-order valence-corrected chi connectivity index (χ4v) is 3.65. The van der Waals surface area contributed by atoms with Crippen molar-refractivity contribution in [1.82, 2.24) is 14.5 Å². The third kappa shape index (κ3) is 2.84. The number of hydrogen-bond acceptors (Lipinski definition) is 5. The number of fused-ring (bicyclic) bond motifs is 1. The lowest BCUT2D eigenvalue weighted by Crippen LogP contribution is -2.46. The molecule has 2 aliphatic heterocycles. The second-order valence-electron chi connectivity index (χ2n) is 6.48. The summed E-state index contributed by atoms with van der Waals surface area (Å²) in [4.78, 5) is 40.1. The van der Waals surface area contributed by atoms with Crippen LogP contribution in [-0.2, 0) is 16.1 Å². The van der Waals surface area contributed by atoms with E-state index >= 15 is 0 Å². The summed E-state index contributed by atoms with van der Waals surface area (Å²) >= 11 is 0. The highest BCUT2D eigenvalue weighted by Crippen LogP contribution is 2.41. The second kappa shape index (κ2) is 5.93. The average molecular weight is 323 g/mol. The van der Waals surface area contributed by atoms with Crippen LogP contribution in [0.5, 0.6) is 0 Å². The van der Waals surface area contributed by atoms with Gasteiger partial charge < -0.3 is 19.7 Å². The molecule has 23 heavy (non-hydrogen) atoms. The van der Waals surface area contributed by atoms with E-state index in [0.29, 0.717) is 31.9 Å². The van der Waals surface area contributed by atoms with Crippen molar-refractivity contribution >= 4 is 5.97 Å². The smallest absolute Gasteiger partial charge is 0.328 e. The number of carboxylic acid groups (broad SMARTS) is 1. The zero-order valence-corrected chi connectivity index (χ0v) is 13.1. The van der Waals surface area contributed by atoms with Gasteiger partial charge in [0.15, 0.2) is 0 Å². The number of ether oxygens (including phenoxy) is 1. The summed E-state index contributed by atoms with van der Waals surface area (Å²) in [5, 5.41) is 9.60. The Morgan fingerprint density at radius 2 is 2.26 bits per heavy atom. The maximum atomic E-state index is 11.9. The molecule has 1 aromatic rings. The summed E-state index contributed by atoms with van der Waals surface area (Å²) in [5.41, 5.74) is -1.09.